The van der Waals surface area contributed by atoms with Crippen LogP contribution < -0.4 is 5.84 Å². The Bertz CT molecular complexity index is 248. The van der Waals surface area contributed by atoms with Crippen LogP contribution in [-0.4, -0.2) is 10.7 Å². The molecule has 2 N–H and O–H groups in total. The van der Waals surface area contributed by atoms with Gasteiger partial charge in [-0.15, -0.1) is 0 Å². The SMILES string of the molecule is C=C/C=C1/N=C(C)C=CN1N. The molecule has 0 aromatic heterocycles. The fourth-order valence-corrected chi connectivity index (χ4v) is 0.769. The molecule has 1 aliphatic heterocycles. The van der Waals surface area contributed by atoms with Crippen LogP contribution in [0, 0.1) is 0 Å². The van der Waals surface area contributed by atoms with E-state index in [2.05, 4.69) is 11.6 Å². The highest BCUT2D eigenvalue weighted by atomic mass is 15.4. The summed E-state index contributed by atoms with van der Waals surface area (Å²) >= 11 is 0. The molecule has 1 aliphatic rings. The molecule has 0 aromatic rings. The number of aliphatic imine (C=N–C) groups is 1. The van der Waals surface area contributed by atoms with Crippen molar-refractivity contribution in [2.24, 2.45) is 10.8 Å². The van der Waals surface area contributed by atoms with E-state index in [1.54, 1.807) is 18.4 Å². The maximum absolute atomic E-state index is 5.55. The smallest absolute Gasteiger partial charge is 0.146 e. The summed E-state index contributed by atoms with van der Waals surface area (Å²) in [6.07, 6.45) is 7.02. The third-order valence-corrected chi connectivity index (χ3v) is 1.30. The maximum Gasteiger partial charge on any atom is 0.146 e. The molecule has 0 fully saturated rings. The van der Waals surface area contributed by atoms with E-state index in [4.69, 9.17) is 5.84 Å². The minimum absolute atomic E-state index is 0.708. The van der Waals surface area contributed by atoms with E-state index in [9.17, 15) is 0 Å². The fourth-order valence-electron chi connectivity index (χ4n) is 0.769. The van der Waals surface area contributed by atoms with Gasteiger partial charge >= 0.3 is 0 Å². The molecular weight excluding hydrogens is 138 g/mol. The van der Waals surface area contributed by atoms with E-state index in [-0.39, 0.29) is 0 Å². The molecule has 0 aromatic carbocycles. The molecule has 0 saturated heterocycles. The molecule has 3 nitrogen and oxygen atoms in total. The Morgan fingerprint density at radius 3 is 3.09 bits per heavy atom. The Balaban J connectivity index is 2.89. The summed E-state index contributed by atoms with van der Waals surface area (Å²) in [6.45, 7) is 5.48. The van der Waals surface area contributed by atoms with Crippen LogP contribution in [0.3, 0.4) is 0 Å². The van der Waals surface area contributed by atoms with Crippen molar-refractivity contribution in [1.82, 2.24) is 5.01 Å². The second kappa shape index (κ2) is 3.16. The lowest BCUT2D eigenvalue weighted by Gasteiger charge is -2.17. The molecule has 1 rings (SSSR count). The molecule has 3 heteroatoms. The molecule has 11 heavy (non-hydrogen) atoms. The predicted octanol–water partition coefficient (Wildman–Crippen LogP) is 1.18. The van der Waals surface area contributed by atoms with Crippen LogP contribution in [0.4, 0.5) is 0 Å². The molecule has 0 spiro atoms. The van der Waals surface area contributed by atoms with Gasteiger partial charge < -0.3 is 0 Å². The van der Waals surface area contributed by atoms with Crippen molar-refractivity contribution in [3.05, 3.63) is 36.8 Å². The van der Waals surface area contributed by atoms with Crippen molar-refractivity contribution in [3.8, 4) is 0 Å². The summed E-state index contributed by atoms with van der Waals surface area (Å²) in [7, 11) is 0. The molecule has 0 bridgehead atoms. The third-order valence-electron chi connectivity index (χ3n) is 1.30. The van der Waals surface area contributed by atoms with Crippen LogP contribution in [0.25, 0.3) is 0 Å². The molecular formula is C8H11N3. The van der Waals surface area contributed by atoms with Crippen LogP contribution in [0.2, 0.25) is 0 Å². The van der Waals surface area contributed by atoms with Gasteiger partial charge in [0.15, 0.2) is 0 Å². The van der Waals surface area contributed by atoms with Crippen LogP contribution in [0.5, 0.6) is 0 Å². The predicted molar refractivity (Wildman–Crippen MR) is 46.6 cm³/mol. The Hall–Kier alpha value is -1.35. The summed E-state index contributed by atoms with van der Waals surface area (Å²) in [6, 6.07) is 0. The van der Waals surface area contributed by atoms with E-state index in [1.807, 2.05) is 13.0 Å². The summed E-state index contributed by atoms with van der Waals surface area (Å²) in [4.78, 5) is 4.17. The standard InChI is InChI=1S/C8H11N3/c1-3-4-8-10-7(2)5-6-11(8)9/h3-6H,1,9H2,2H3/b8-4-. The van der Waals surface area contributed by atoms with Crippen molar-refractivity contribution in [3.63, 3.8) is 0 Å². The summed E-state index contributed by atoms with van der Waals surface area (Å²) in [5.74, 6) is 6.26. The first-order chi connectivity index (χ1) is 5.24. The number of rotatable bonds is 1. The Morgan fingerprint density at radius 1 is 1.73 bits per heavy atom. The molecule has 0 saturated carbocycles. The average Bonchev–Trinajstić information content (AvgIpc) is 1.98. The Morgan fingerprint density at radius 2 is 2.45 bits per heavy atom. The summed E-state index contributed by atoms with van der Waals surface area (Å²) in [5.41, 5.74) is 0.944. The monoisotopic (exact) mass is 149 g/mol. The number of nitrogens with zero attached hydrogens (tertiary/aromatic N) is 2. The van der Waals surface area contributed by atoms with Crippen molar-refractivity contribution in [2.45, 2.75) is 6.92 Å². The second-order valence-corrected chi connectivity index (χ2v) is 2.24. The van der Waals surface area contributed by atoms with Gasteiger partial charge in [0.25, 0.3) is 0 Å². The molecule has 0 unspecified atom stereocenters. The van der Waals surface area contributed by atoms with Crippen LogP contribution >= 0.6 is 0 Å². The first-order valence-electron chi connectivity index (χ1n) is 3.34. The molecule has 0 aliphatic carbocycles. The van der Waals surface area contributed by atoms with E-state index >= 15 is 0 Å². The lowest BCUT2D eigenvalue weighted by Crippen LogP contribution is -2.26. The van der Waals surface area contributed by atoms with Crippen molar-refractivity contribution < 1.29 is 0 Å². The van der Waals surface area contributed by atoms with Crippen LogP contribution in [-0.2, 0) is 0 Å². The van der Waals surface area contributed by atoms with Crippen molar-refractivity contribution in [1.29, 1.82) is 0 Å². The van der Waals surface area contributed by atoms with E-state index in [0.717, 1.165) is 5.71 Å². The van der Waals surface area contributed by atoms with Gasteiger partial charge in [-0.05, 0) is 19.1 Å². The third kappa shape index (κ3) is 1.78. The fraction of sp³-hybridized carbons (Fsp3) is 0.125. The molecule has 0 amide bonds. The van der Waals surface area contributed by atoms with Crippen LogP contribution in [0.1, 0.15) is 6.92 Å². The highest BCUT2D eigenvalue weighted by molar-refractivity contribution is 5.94. The number of hydrogen-bond acceptors (Lipinski definition) is 3. The van der Waals surface area contributed by atoms with Crippen molar-refractivity contribution in [2.75, 3.05) is 0 Å². The second-order valence-electron chi connectivity index (χ2n) is 2.24. The number of nitrogens with two attached hydrogens (primary N) is 1. The zero-order chi connectivity index (χ0) is 8.27. The number of hydrazine groups is 1. The minimum atomic E-state index is 0.708. The lowest BCUT2D eigenvalue weighted by atomic mass is 10.3. The van der Waals surface area contributed by atoms with Gasteiger partial charge in [0.05, 0.1) is 0 Å². The van der Waals surface area contributed by atoms with Gasteiger partial charge in [0.1, 0.15) is 5.82 Å². The number of allylic oxidation sites excluding steroid dienone is 3. The topological polar surface area (TPSA) is 41.6 Å². The van der Waals surface area contributed by atoms with Gasteiger partial charge in [-0.3, -0.25) is 5.01 Å². The summed E-state index contributed by atoms with van der Waals surface area (Å²) in [5, 5.41) is 1.45. The van der Waals surface area contributed by atoms with Crippen LogP contribution in [0.15, 0.2) is 41.8 Å². The van der Waals surface area contributed by atoms with E-state index in [1.165, 1.54) is 5.01 Å². The zero-order valence-corrected chi connectivity index (χ0v) is 6.49. The molecule has 0 radical (unpaired) electrons. The van der Waals surface area contributed by atoms with Gasteiger partial charge in [-0.1, -0.05) is 12.7 Å². The lowest BCUT2D eigenvalue weighted by molar-refractivity contribution is 0.483. The summed E-state index contributed by atoms with van der Waals surface area (Å²) < 4.78 is 0. The molecule has 1 heterocycles. The van der Waals surface area contributed by atoms with Gasteiger partial charge in [0, 0.05) is 11.9 Å². The van der Waals surface area contributed by atoms with Gasteiger partial charge in [0.2, 0.25) is 0 Å². The minimum Gasteiger partial charge on any atom is -0.270 e. The van der Waals surface area contributed by atoms with E-state index in [0.29, 0.717) is 5.82 Å². The Kier molecular flexibility index (Phi) is 2.23. The number of hydrogen-bond donors (Lipinski definition) is 1. The molecule has 58 valence electrons. The maximum atomic E-state index is 5.55. The first kappa shape index (κ1) is 7.75. The quantitative estimate of drug-likeness (QED) is 0.569. The van der Waals surface area contributed by atoms with Crippen molar-refractivity contribution >= 4 is 5.71 Å². The largest absolute Gasteiger partial charge is 0.270 e. The zero-order valence-electron chi connectivity index (χ0n) is 6.49. The van der Waals surface area contributed by atoms with Gasteiger partial charge in [-0.25, -0.2) is 10.8 Å². The normalized spacial score (nSPS) is 20.4. The highest BCUT2D eigenvalue weighted by Gasteiger charge is 2.03. The average molecular weight is 149 g/mol. The first-order valence-corrected chi connectivity index (χ1v) is 3.34. The molecule has 0 atom stereocenters. The van der Waals surface area contributed by atoms with Gasteiger partial charge in [-0.2, -0.15) is 0 Å². The highest BCUT2D eigenvalue weighted by Crippen LogP contribution is 2.07. The van der Waals surface area contributed by atoms with E-state index < -0.39 is 0 Å². The Labute approximate surface area is 66.2 Å².